The molecular weight excluding hydrogens is 270 g/mol. The number of halogens is 4. The number of hydrogen-bond donors (Lipinski definition) is 1. The van der Waals surface area contributed by atoms with Gasteiger partial charge in [0.25, 0.3) is 0 Å². The Hall–Kier alpha value is -1.21. The Morgan fingerprint density at radius 1 is 1.28 bits per heavy atom. The van der Waals surface area contributed by atoms with Crippen LogP contribution in [0.5, 0.6) is 0 Å². The second-order valence-corrected chi connectivity index (χ2v) is 4.07. The van der Waals surface area contributed by atoms with Crippen LogP contribution < -0.4 is 5.73 Å². The van der Waals surface area contributed by atoms with Crippen LogP contribution in [0.1, 0.15) is 17.5 Å². The van der Waals surface area contributed by atoms with Gasteiger partial charge in [0.2, 0.25) is 0 Å². The number of nitrogens with two attached hydrogens (primary N) is 1. The first-order valence-electron chi connectivity index (χ1n) is 5.02. The van der Waals surface area contributed by atoms with Crippen LogP contribution in [0, 0.1) is 5.82 Å². The summed E-state index contributed by atoms with van der Waals surface area (Å²) in [4.78, 5) is 0.0195. The topological polar surface area (TPSA) is 35.2 Å². The van der Waals surface area contributed by atoms with E-state index in [0.717, 1.165) is 12.1 Å². The highest BCUT2D eigenvalue weighted by Crippen LogP contribution is 2.19. The van der Waals surface area contributed by atoms with Gasteiger partial charge in [-0.2, -0.15) is 13.2 Å². The molecule has 0 aromatic heterocycles. The van der Waals surface area contributed by atoms with Gasteiger partial charge in [-0.25, -0.2) is 4.39 Å². The number of ether oxygens (including phenoxy) is 1. The summed E-state index contributed by atoms with van der Waals surface area (Å²) in [5.74, 6) is -0.560. The van der Waals surface area contributed by atoms with Crippen molar-refractivity contribution in [1.29, 1.82) is 0 Å². The normalized spacial score (nSPS) is 11.6. The van der Waals surface area contributed by atoms with E-state index in [0.29, 0.717) is 11.1 Å². The molecule has 0 spiro atoms. The Bertz CT molecular complexity index is 434. The Morgan fingerprint density at radius 2 is 1.94 bits per heavy atom. The average molecular weight is 281 g/mol. The largest absolute Gasteiger partial charge is 0.391 e. The van der Waals surface area contributed by atoms with Gasteiger partial charge in [0.05, 0.1) is 19.6 Å². The van der Waals surface area contributed by atoms with Crippen LogP contribution in [0.4, 0.5) is 17.6 Å². The first kappa shape index (κ1) is 14.8. The number of alkyl halides is 3. The molecule has 1 rings (SSSR count). The minimum Gasteiger partial charge on any atom is -0.389 e. The van der Waals surface area contributed by atoms with E-state index in [9.17, 15) is 17.6 Å². The monoisotopic (exact) mass is 281 g/mol. The summed E-state index contributed by atoms with van der Waals surface area (Å²) in [5, 5.41) is 0. The van der Waals surface area contributed by atoms with Gasteiger partial charge in [0.15, 0.2) is 0 Å². The van der Waals surface area contributed by atoms with Gasteiger partial charge in [-0.15, -0.1) is 0 Å². The number of hydrogen-bond acceptors (Lipinski definition) is 2. The van der Waals surface area contributed by atoms with E-state index in [4.69, 9.17) is 10.5 Å². The molecule has 0 saturated heterocycles. The Kier molecular flexibility index (Phi) is 5.03. The van der Waals surface area contributed by atoms with Gasteiger partial charge in [-0.1, -0.05) is 12.2 Å². The van der Waals surface area contributed by atoms with Crippen LogP contribution in [-0.2, 0) is 11.3 Å². The van der Waals surface area contributed by atoms with Crippen molar-refractivity contribution in [3.8, 4) is 0 Å². The maximum atomic E-state index is 13.1. The third-order valence-corrected chi connectivity index (χ3v) is 2.28. The van der Waals surface area contributed by atoms with Crippen molar-refractivity contribution in [2.75, 3.05) is 6.61 Å². The highest BCUT2D eigenvalue weighted by molar-refractivity contribution is 7.80. The predicted octanol–water partition coefficient (Wildman–Crippen LogP) is 2.93. The molecule has 100 valence electrons. The molecule has 0 fully saturated rings. The highest BCUT2D eigenvalue weighted by atomic mass is 32.1. The van der Waals surface area contributed by atoms with E-state index in [-0.39, 0.29) is 11.6 Å². The van der Waals surface area contributed by atoms with Gasteiger partial charge in [0.1, 0.15) is 10.8 Å². The molecule has 0 amide bonds. The van der Waals surface area contributed by atoms with Crippen molar-refractivity contribution in [2.24, 2.45) is 5.73 Å². The average Bonchev–Trinajstić information content (AvgIpc) is 2.22. The fourth-order valence-electron chi connectivity index (χ4n) is 1.25. The second kappa shape index (κ2) is 6.10. The van der Waals surface area contributed by atoms with E-state index in [1.165, 1.54) is 6.07 Å². The lowest BCUT2D eigenvalue weighted by Crippen LogP contribution is -2.12. The van der Waals surface area contributed by atoms with Crippen molar-refractivity contribution < 1.29 is 22.3 Å². The lowest BCUT2D eigenvalue weighted by atomic mass is 10.1. The number of rotatable bonds is 5. The van der Waals surface area contributed by atoms with E-state index in [1.807, 2.05) is 0 Å². The molecule has 0 unspecified atom stereocenters. The quantitative estimate of drug-likeness (QED) is 0.512. The van der Waals surface area contributed by atoms with E-state index in [2.05, 4.69) is 12.2 Å². The van der Waals surface area contributed by atoms with E-state index >= 15 is 0 Å². The molecule has 1 aromatic rings. The van der Waals surface area contributed by atoms with E-state index in [1.54, 1.807) is 0 Å². The maximum Gasteiger partial charge on any atom is 0.391 e. The highest BCUT2D eigenvalue weighted by Gasteiger charge is 2.26. The first-order chi connectivity index (χ1) is 8.28. The molecule has 0 radical (unpaired) electrons. The molecule has 0 bridgehead atoms. The van der Waals surface area contributed by atoms with Gasteiger partial charge in [0, 0.05) is 5.56 Å². The predicted molar refractivity (Wildman–Crippen MR) is 62.6 cm³/mol. The molecule has 7 heteroatoms. The summed E-state index contributed by atoms with van der Waals surface area (Å²) in [6.45, 7) is -0.591. The van der Waals surface area contributed by atoms with Crippen LogP contribution in [-0.4, -0.2) is 17.8 Å². The van der Waals surface area contributed by atoms with Gasteiger partial charge in [-0.3, -0.25) is 0 Å². The molecule has 0 aliphatic carbocycles. The van der Waals surface area contributed by atoms with Crippen LogP contribution in [0.15, 0.2) is 18.2 Å². The first-order valence-corrected chi connectivity index (χ1v) is 5.42. The van der Waals surface area contributed by atoms with Crippen molar-refractivity contribution >= 4 is 17.2 Å². The number of benzene rings is 1. The van der Waals surface area contributed by atoms with Crippen LogP contribution in [0.2, 0.25) is 0 Å². The summed E-state index contributed by atoms with van der Waals surface area (Å²) in [7, 11) is 0. The van der Waals surface area contributed by atoms with Crippen LogP contribution in [0.25, 0.3) is 0 Å². The Balaban J connectivity index is 2.55. The molecular formula is C11H11F4NOS. The maximum absolute atomic E-state index is 13.1. The summed E-state index contributed by atoms with van der Waals surface area (Å²) < 4.78 is 53.5. The fourth-order valence-corrected chi connectivity index (χ4v) is 1.37. The molecule has 0 atom stereocenters. The van der Waals surface area contributed by atoms with E-state index < -0.39 is 25.0 Å². The summed E-state index contributed by atoms with van der Waals surface area (Å²) >= 11 is 4.69. The molecule has 0 heterocycles. The molecule has 2 N–H and O–H groups in total. The van der Waals surface area contributed by atoms with Crippen LogP contribution in [0.3, 0.4) is 0 Å². The third kappa shape index (κ3) is 5.42. The van der Waals surface area contributed by atoms with Crippen LogP contribution >= 0.6 is 12.2 Å². The molecule has 0 aliphatic rings. The minimum atomic E-state index is -4.26. The zero-order valence-electron chi connectivity index (χ0n) is 9.26. The minimum absolute atomic E-state index is 0.0195. The van der Waals surface area contributed by atoms with Gasteiger partial charge < -0.3 is 10.5 Å². The second-order valence-electron chi connectivity index (χ2n) is 3.63. The smallest absolute Gasteiger partial charge is 0.389 e. The molecule has 2 nitrogen and oxygen atoms in total. The summed E-state index contributed by atoms with van der Waals surface area (Å²) in [5.41, 5.74) is 6.05. The number of thiocarbonyl (C=S) groups is 1. The van der Waals surface area contributed by atoms with Gasteiger partial charge >= 0.3 is 6.18 Å². The molecule has 18 heavy (non-hydrogen) atoms. The van der Waals surface area contributed by atoms with Crippen molar-refractivity contribution in [3.63, 3.8) is 0 Å². The van der Waals surface area contributed by atoms with Crippen molar-refractivity contribution in [2.45, 2.75) is 19.2 Å². The molecule has 1 aromatic carbocycles. The molecule has 0 aliphatic heterocycles. The summed E-state index contributed by atoms with van der Waals surface area (Å²) in [6, 6.07) is 3.80. The lowest BCUT2D eigenvalue weighted by molar-refractivity contribution is -0.146. The zero-order valence-corrected chi connectivity index (χ0v) is 10.1. The van der Waals surface area contributed by atoms with Crippen molar-refractivity contribution in [3.05, 3.63) is 35.1 Å². The lowest BCUT2D eigenvalue weighted by Gasteiger charge is -2.08. The summed E-state index contributed by atoms with van der Waals surface area (Å²) in [6.07, 6.45) is -5.30. The third-order valence-electron chi connectivity index (χ3n) is 2.04. The fraction of sp³-hybridized carbons (Fsp3) is 0.364. The Morgan fingerprint density at radius 3 is 2.50 bits per heavy atom. The van der Waals surface area contributed by atoms with Crippen molar-refractivity contribution in [1.82, 2.24) is 0 Å². The zero-order chi connectivity index (χ0) is 13.8. The SMILES string of the molecule is NC(=S)c1cc(F)cc(COCCC(F)(F)F)c1. The standard InChI is InChI=1S/C11H11F4NOS/c12-9-4-7(3-8(5-9)10(16)18)6-17-2-1-11(13,14)15/h3-5H,1-2,6H2,(H2,16,18). The Labute approximate surface area is 107 Å². The van der Waals surface area contributed by atoms with Gasteiger partial charge in [-0.05, 0) is 23.8 Å². The molecule has 0 saturated carbocycles.